The van der Waals surface area contributed by atoms with E-state index in [0.717, 1.165) is 4.47 Å². The number of hydrogen-bond donors (Lipinski definition) is 0. The molecule has 0 saturated heterocycles. The third kappa shape index (κ3) is 2.93. The van der Waals surface area contributed by atoms with Gasteiger partial charge in [-0.1, -0.05) is 46.3 Å². The molecule has 8 nitrogen and oxygen atoms in total. The number of halogens is 1. The standard InChI is InChI=1S/C25H16BrNO7/c1-24(21(28)14-6-8-15(26)9-7-14)20-18-4-2-3-5-19(18)34-23(30)25(20,24)22(29)33-17-12-10-16(11-13-17)27(31)32/h2-13,20H,1H3/t20-,24-,25+/m1/s1. The summed E-state index contributed by atoms with van der Waals surface area (Å²) in [7, 11) is 0. The summed E-state index contributed by atoms with van der Waals surface area (Å²) in [6.45, 7) is 1.57. The van der Waals surface area contributed by atoms with E-state index < -0.39 is 33.6 Å². The number of nitro benzene ring substituents is 1. The monoisotopic (exact) mass is 521 g/mol. The number of non-ortho nitro benzene ring substituents is 1. The van der Waals surface area contributed by atoms with Crippen molar-refractivity contribution in [2.75, 3.05) is 0 Å². The fourth-order valence-corrected chi connectivity index (χ4v) is 5.20. The van der Waals surface area contributed by atoms with Crippen molar-refractivity contribution < 1.29 is 28.8 Å². The van der Waals surface area contributed by atoms with Crippen molar-refractivity contribution in [3.8, 4) is 11.5 Å². The Morgan fingerprint density at radius 3 is 2.32 bits per heavy atom. The Morgan fingerprint density at radius 2 is 1.68 bits per heavy atom. The third-order valence-corrected chi connectivity index (χ3v) is 7.19. The van der Waals surface area contributed by atoms with Crippen molar-refractivity contribution in [3.63, 3.8) is 0 Å². The number of esters is 2. The fraction of sp³-hybridized carbons (Fsp3) is 0.160. The highest BCUT2D eigenvalue weighted by Crippen LogP contribution is 2.78. The molecule has 0 aromatic heterocycles. The third-order valence-electron chi connectivity index (χ3n) is 6.66. The predicted molar refractivity (Wildman–Crippen MR) is 123 cm³/mol. The molecule has 1 aliphatic heterocycles. The highest BCUT2D eigenvalue weighted by Gasteiger charge is 2.89. The summed E-state index contributed by atoms with van der Waals surface area (Å²) in [6.07, 6.45) is 0. The lowest BCUT2D eigenvalue weighted by Crippen LogP contribution is -2.41. The van der Waals surface area contributed by atoms with Crippen molar-refractivity contribution in [2.24, 2.45) is 10.8 Å². The van der Waals surface area contributed by atoms with Crippen molar-refractivity contribution in [1.29, 1.82) is 0 Å². The number of hydrogen-bond acceptors (Lipinski definition) is 7. The lowest BCUT2D eigenvalue weighted by atomic mass is 9.87. The van der Waals surface area contributed by atoms with Gasteiger partial charge in [0.25, 0.3) is 5.69 Å². The van der Waals surface area contributed by atoms with E-state index in [9.17, 15) is 24.5 Å². The van der Waals surface area contributed by atoms with E-state index >= 15 is 0 Å². The van der Waals surface area contributed by atoms with Gasteiger partial charge in [-0.05, 0) is 37.3 Å². The van der Waals surface area contributed by atoms with Crippen LogP contribution in [0.4, 0.5) is 5.69 Å². The highest BCUT2D eigenvalue weighted by atomic mass is 79.9. The number of para-hydroxylation sites is 1. The number of carbonyl (C=O) groups excluding carboxylic acids is 3. The van der Waals surface area contributed by atoms with Gasteiger partial charge in [0.1, 0.15) is 11.5 Å². The summed E-state index contributed by atoms with van der Waals surface area (Å²) in [6, 6.07) is 18.3. The van der Waals surface area contributed by atoms with Crippen molar-refractivity contribution in [1.82, 2.24) is 0 Å². The maximum absolute atomic E-state index is 13.7. The number of carbonyl (C=O) groups is 3. The van der Waals surface area contributed by atoms with Gasteiger partial charge in [-0.3, -0.25) is 24.5 Å². The van der Waals surface area contributed by atoms with E-state index in [1.165, 1.54) is 24.3 Å². The second-order valence-corrected chi connectivity index (χ2v) is 9.26. The summed E-state index contributed by atoms with van der Waals surface area (Å²) in [4.78, 5) is 51.0. The number of Topliss-reactive ketones (excluding diaryl/α,β-unsaturated/α-hetero) is 1. The van der Waals surface area contributed by atoms with Crippen LogP contribution in [0, 0.1) is 20.9 Å². The topological polar surface area (TPSA) is 113 Å². The molecule has 170 valence electrons. The van der Waals surface area contributed by atoms with Crippen LogP contribution in [0.5, 0.6) is 11.5 Å². The normalized spacial score (nSPS) is 24.3. The SMILES string of the molecule is C[C@]1(C(=O)c2ccc(Br)cc2)[C@H]2c3ccccc3OC(=O)[C@@]21C(=O)Oc1ccc([N+](=O)[O-])cc1. The minimum absolute atomic E-state index is 0.0146. The summed E-state index contributed by atoms with van der Waals surface area (Å²) >= 11 is 3.34. The Morgan fingerprint density at radius 1 is 1.03 bits per heavy atom. The van der Waals surface area contributed by atoms with Gasteiger partial charge >= 0.3 is 11.9 Å². The highest BCUT2D eigenvalue weighted by molar-refractivity contribution is 9.10. The van der Waals surface area contributed by atoms with Crippen LogP contribution >= 0.6 is 15.9 Å². The molecule has 0 unspecified atom stereocenters. The molecule has 9 heteroatoms. The molecule has 2 aliphatic rings. The average Bonchev–Trinajstić information content (AvgIpc) is 3.43. The zero-order valence-corrected chi connectivity index (χ0v) is 19.3. The zero-order valence-electron chi connectivity index (χ0n) is 17.7. The van der Waals surface area contributed by atoms with Crippen LogP contribution in [0.25, 0.3) is 0 Å². The Kier molecular flexibility index (Phi) is 4.91. The van der Waals surface area contributed by atoms with E-state index in [-0.39, 0.29) is 17.2 Å². The van der Waals surface area contributed by atoms with E-state index in [2.05, 4.69) is 15.9 Å². The summed E-state index contributed by atoms with van der Waals surface area (Å²) in [5.41, 5.74) is -2.62. The molecule has 0 radical (unpaired) electrons. The number of nitrogens with zero attached hydrogens (tertiary/aromatic N) is 1. The second kappa shape index (κ2) is 7.59. The van der Waals surface area contributed by atoms with Gasteiger partial charge in [0.05, 0.1) is 10.3 Å². The molecular formula is C25H16BrNO7. The van der Waals surface area contributed by atoms with Crippen LogP contribution in [-0.2, 0) is 9.59 Å². The van der Waals surface area contributed by atoms with Crippen LogP contribution in [0.2, 0.25) is 0 Å². The van der Waals surface area contributed by atoms with Crippen molar-refractivity contribution in [2.45, 2.75) is 12.8 Å². The first-order valence-electron chi connectivity index (χ1n) is 10.3. The molecule has 0 spiro atoms. The summed E-state index contributed by atoms with van der Waals surface area (Å²) in [5.74, 6) is -2.68. The van der Waals surface area contributed by atoms with Crippen LogP contribution in [0.3, 0.4) is 0 Å². The molecule has 3 aromatic carbocycles. The Labute approximate surface area is 201 Å². The van der Waals surface area contributed by atoms with Gasteiger partial charge < -0.3 is 9.47 Å². The molecule has 1 saturated carbocycles. The lowest BCUT2D eigenvalue weighted by molar-refractivity contribution is -0.384. The second-order valence-electron chi connectivity index (χ2n) is 8.35. The number of ketones is 1. The molecular weight excluding hydrogens is 506 g/mol. The molecule has 3 atom stereocenters. The largest absolute Gasteiger partial charge is 0.426 e. The Bertz CT molecular complexity index is 1370. The van der Waals surface area contributed by atoms with Gasteiger partial charge in [0, 0.05) is 33.7 Å². The molecule has 34 heavy (non-hydrogen) atoms. The van der Waals surface area contributed by atoms with Crippen LogP contribution in [-0.4, -0.2) is 22.6 Å². The van der Waals surface area contributed by atoms with E-state index in [1.54, 1.807) is 55.5 Å². The maximum atomic E-state index is 13.7. The van der Waals surface area contributed by atoms with Gasteiger partial charge in [0.2, 0.25) is 0 Å². The minimum Gasteiger partial charge on any atom is -0.426 e. The van der Waals surface area contributed by atoms with Crippen molar-refractivity contribution in [3.05, 3.63) is 98.5 Å². The smallest absolute Gasteiger partial charge is 0.330 e. The minimum atomic E-state index is -1.90. The molecule has 1 aliphatic carbocycles. The number of fused-ring (bicyclic) bond motifs is 3. The molecule has 0 N–H and O–H groups in total. The summed E-state index contributed by atoms with van der Waals surface area (Å²) in [5, 5.41) is 10.9. The summed E-state index contributed by atoms with van der Waals surface area (Å²) < 4.78 is 11.8. The first kappa shape index (κ1) is 22.0. The molecule has 0 bridgehead atoms. The number of benzene rings is 3. The average molecular weight is 522 g/mol. The quantitative estimate of drug-likeness (QED) is 0.118. The first-order chi connectivity index (χ1) is 16.2. The number of nitro groups is 1. The Balaban J connectivity index is 1.59. The molecule has 3 aromatic rings. The van der Waals surface area contributed by atoms with Gasteiger partial charge in [-0.25, -0.2) is 0 Å². The zero-order chi connectivity index (χ0) is 24.3. The predicted octanol–water partition coefficient (Wildman–Crippen LogP) is 4.85. The van der Waals surface area contributed by atoms with Crippen LogP contribution in [0.15, 0.2) is 77.3 Å². The van der Waals surface area contributed by atoms with Crippen LogP contribution in [0.1, 0.15) is 28.8 Å². The fourth-order valence-electron chi connectivity index (χ4n) is 4.93. The number of rotatable bonds is 5. The van der Waals surface area contributed by atoms with Gasteiger partial charge in [-0.15, -0.1) is 0 Å². The first-order valence-corrected chi connectivity index (χ1v) is 11.1. The van der Waals surface area contributed by atoms with Gasteiger partial charge in [-0.2, -0.15) is 0 Å². The Hall–Kier alpha value is -3.85. The van der Waals surface area contributed by atoms with E-state index in [4.69, 9.17) is 9.47 Å². The van der Waals surface area contributed by atoms with Crippen LogP contribution < -0.4 is 9.47 Å². The molecule has 5 rings (SSSR count). The lowest BCUT2D eigenvalue weighted by Gasteiger charge is -2.22. The molecule has 1 fully saturated rings. The number of ether oxygens (including phenoxy) is 2. The molecule has 0 amide bonds. The van der Waals surface area contributed by atoms with E-state index in [0.29, 0.717) is 16.9 Å². The van der Waals surface area contributed by atoms with E-state index in [1.807, 2.05) is 0 Å². The van der Waals surface area contributed by atoms with Gasteiger partial charge in [0.15, 0.2) is 11.2 Å². The van der Waals surface area contributed by atoms with Crippen molar-refractivity contribution >= 4 is 39.3 Å². The molecule has 1 heterocycles. The maximum Gasteiger partial charge on any atom is 0.330 e.